The van der Waals surface area contributed by atoms with E-state index < -0.39 is 24.9 Å². The van der Waals surface area contributed by atoms with E-state index >= 15 is 0 Å². The number of alkyl halides is 3. The van der Waals surface area contributed by atoms with E-state index in [0.717, 1.165) is 10.9 Å². The van der Waals surface area contributed by atoms with Crippen molar-refractivity contribution >= 4 is 40.6 Å². The average Bonchev–Trinajstić information content (AvgIpc) is 2.91. The summed E-state index contributed by atoms with van der Waals surface area (Å²) in [4.78, 5) is 16.2. The number of halogens is 4. The molecule has 3 aromatic carbocycles. The first-order valence-electron chi connectivity index (χ1n) is 11.7. The van der Waals surface area contributed by atoms with E-state index in [1.165, 1.54) is 25.3 Å². The van der Waals surface area contributed by atoms with Crippen molar-refractivity contribution in [3.8, 4) is 11.5 Å². The first-order chi connectivity index (χ1) is 18.6. The van der Waals surface area contributed by atoms with Gasteiger partial charge in [0.2, 0.25) is 0 Å². The van der Waals surface area contributed by atoms with Crippen LogP contribution in [0.5, 0.6) is 11.5 Å². The lowest BCUT2D eigenvalue weighted by atomic mass is 10.1. The van der Waals surface area contributed by atoms with Gasteiger partial charge in [-0.2, -0.15) is 13.2 Å². The third-order valence-corrected chi connectivity index (χ3v) is 5.90. The lowest BCUT2D eigenvalue weighted by Crippen LogP contribution is -2.23. The molecule has 0 aliphatic heterocycles. The predicted octanol–water partition coefficient (Wildman–Crippen LogP) is 7.46. The Kier molecular flexibility index (Phi) is 8.73. The van der Waals surface area contributed by atoms with E-state index in [-0.39, 0.29) is 17.9 Å². The van der Waals surface area contributed by atoms with Crippen LogP contribution in [0.25, 0.3) is 23.1 Å². The van der Waals surface area contributed by atoms with Crippen LogP contribution in [0, 0.1) is 0 Å². The molecule has 1 N–H and O–H groups in total. The Morgan fingerprint density at radius 2 is 1.85 bits per heavy atom. The summed E-state index contributed by atoms with van der Waals surface area (Å²) in [6.45, 7) is -1.86. The van der Waals surface area contributed by atoms with E-state index in [9.17, 15) is 23.1 Å². The van der Waals surface area contributed by atoms with Crippen molar-refractivity contribution < 1.29 is 37.3 Å². The Labute approximate surface area is 227 Å². The molecule has 4 rings (SSSR count). The second-order valence-corrected chi connectivity index (χ2v) is 8.91. The molecule has 6 nitrogen and oxygen atoms in total. The smallest absolute Gasteiger partial charge is 0.411 e. The number of carboxylic acids is 1. The molecule has 1 aromatic heterocycles. The Balaban J connectivity index is 1.56. The van der Waals surface area contributed by atoms with Crippen molar-refractivity contribution in [2.75, 3.05) is 20.3 Å². The van der Waals surface area contributed by atoms with Crippen LogP contribution >= 0.6 is 11.6 Å². The van der Waals surface area contributed by atoms with Crippen molar-refractivity contribution in [2.24, 2.45) is 0 Å². The second kappa shape index (κ2) is 12.2. The molecule has 1 heterocycles. The Hall–Kier alpha value is -4.08. The van der Waals surface area contributed by atoms with Gasteiger partial charge in [-0.1, -0.05) is 48.0 Å². The topological polar surface area (TPSA) is 77.9 Å². The van der Waals surface area contributed by atoms with Crippen molar-refractivity contribution in [3.63, 3.8) is 0 Å². The van der Waals surface area contributed by atoms with Gasteiger partial charge in [-0.15, -0.1) is 0 Å². The molecule has 0 fully saturated rings. The molecule has 10 heteroatoms. The van der Waals surface area contributed by atoms with Crippen molar-refractivity contribution in [1.29, 1.82) is 0 Å². The first kappa shape index (κ1) is 27.9. The maximum Gasteiger partial charge on any atom is 0.411 e. The summed E-state index contributed by atoms with van der Waals surface area (Å²) in [6, 6.07) is 20.1. The number of hydrogen-bond donors (Lipinski definition) is 1. The van der Waals surface area contributed by atoms with Gasteiger partial charge in [0.15, 0.2) is 0 Å². The summed E-state index contributed by atoms with van der Waals surface area (Å²) in [7, 11) is 1.38. The number of benzene rings is 3. The van der Waals surface area contributed by atoms with E-state index in [1.54, 1.807) is 48.6 Å². The zero-order valence-corrected chi connectivity index (χ0v) is 21.4. The molecule has 0 saturated heterocycles. The van der Waals surface area contributed by atoms with Crippen molar-refractivity contribution in [1.82, 2.24) is 4.98 Å². The molecule has 0 bridgehead atoms. The second-order valence-electron chi connectivity index (χ2n) is 8.47. The minimum Gasteiger partial charge on any atom is -0.497 e. The number of methoxy groups -OCH3 is 1. The predicted molar refractivity (Wildman–Crippen MR) is 142 cm³/mol. The highest BCUT2D eigenvalue weighted by atomic mass is 35.5. The molecule has 4 aromatic rings. The van der Waals surface area contributed by atoms with Gasteiger partial charge in [0.05, 0.1) is 18.3 Å². The highest BCUT2D eigenvalue weighted by Crippen LogP contribution is 2.28. The summed E-state index contributed by atoms with van der Waals surface area (Å²) in [6.07, 6.45) is -2.15. The van der Waals surface area contributed by atoms with E-state index in [4.69, 9.17) is 25.8 Å². The van der Waals surface area contributed by atoms with Gasteiger partial charge >= 0.3 is 12.1 Å². The number of pyridine rings is 1. The van der Waals surface area contributed by atoms with Gasteiger partial charge in [0, 0.05) is 10.4 Å². The number of fused-ring (bicyclic) bond motifs is 1. The van der Waals surface area contributed by atoms with E-state index in [0.29, 0.717) is 27.6 Å². The van der Waals surface area contributed by atoms with Crippen LogP contribution in [0.4, 0.5) is 13.2 Å². The zero-order chi connectivity index (χ0) is 28.0. The Morgan fingerprint density at radius 1 is 1.05 bits per heavy atom. The van der Waals surface area contributed by atoms with Gasteiger partial charge in [-0.25, -0.2) is 9.78 Å². The highest BCUT2D eigenvalue weighted by molar-refractivity contribution is 6.31. The van der Waals surface area contributed by atoms with Crippen LogP contribution < -0.4 is 9.47 Å². The van der Waals surface area contributed by atoms with Crippen LogP contribution in [0.2, 0.25) is 5.02 Å². The Bertz CT molecular complexity index is 1510. The molecule has 0 saturated carbocycles. The summed E-state index contributed by atoms with van der Waals surface area (Å²) in [5.74, 6) is -0.996. The normalized spacial score (nSPS) is 12.5. The van der Waals surface area contributed by atoms with Crippen LogP contribution in [0.1, 0.15) is 33.3 Å². The number of ether oxygens (including phenoxy) is 3. The van der Waals surface area contributed by atoms with Gasteiger partial charge in [-0.05, 0) is 59.7 Å². The fourth-order valence-electron chi connectivity index (χ4n) is 3.77. The van der Waals surface area contributed by atoms with Crippen LogP contribution in [0.3, 0.4) is 0 Å². The quantitative estimate of drug-likeness (QED) is 0.218. The molecule has 0 unspecified atom stereocenters. The number of rotatable bonds is 10. The SMILES string of the molecule is COc1ccc(OC[C@H](OCC(F)(F)F)c2cccc(/C=C/c3ccc4ccc(Cl)cc4n3)c2)c(C(=O)O)c1. The standard InChI is InChI=1S/C29H23ClF3NO5/c1-37-23-11-12-26(24(15-23)28(35)36)38-16-27(39-17-29(31,32)33)20-4-2-3-18(13-20)5-9-22-10-7-19-6-8-21(30)14-25(19)34-22/h2-15,27H,16-17H2,1H3,(H,35,36)/b9-5+/t27-/m0/s1. The lowest BCUT2D eigenvalue weighted by molar-refractivity contribution is -0.188. The number of aromatic carboxylic acids is 1. The lowest BCUT2D eigenvalue weighted by Gasteiger charge is -2.21. The Morgan fingerprint density at radius 3 is 2.59 bits per heavy atom. The molecule has 0 amide bonds. The average molecular weight is 558 g/mol. The minimum absolute atomic E-state index is 0.0255. The maximum atomic E-state index is 13.0. The van der Waals surface area contributed by atoms with E-state index in [1.807, 2.05) is 18.2 Å². The minimum atomic E-state index is -4.56. The van der Waals surface area contributed by atoms with E-state index in [2.05, 4.69) is 4.98 Å². The van der Waals surface area contributed by atoms with Crippen LogP contribution in [-0.4, -0.2) is 42.6 Å². The molecule has 0 spiro atoms. The van der Waals surface area contributed by atoms with Gasteiger partial charge in [0.1, 0.15) is 36.4 Å². The molecular weight excluding hydrogens is 535 g/mol. The fraction of sp³-hybridized carbons (Fsp3) is 0.172. The van der Waals surface area contributed by atoms with Gasteiger partial charge in [0.25, 0.3) is 0 Å². The third kappa shape index (κ3) is 7.72. The number of hydrogen-bond acceptors (Lipinski definition) is 5. The largest absolute Gasteiger partial charge is 0.497 e. The summed E-state index contributed by atoms with van der Waals surface area (Å²) < 4.78 is 54.8. The van der Waals surface area contributed by atoms with Crippen molar-refractivity contribution in [2.45, 2.75) is 12.3 Å². The maximum absolute atomic E-state index is 13.0. The van der Waals surface area contributed by atoms with Gasteiger partial charge < -0.3 is 19.3 Å². The monoisotopic (exact) mass is 557 g/mol. The van der Waals surface area contributed by atoms with Crippen LogP contribution in [-0.2, 0) is 4.74 Å². The van der Waals surface area contributed by atoms with Crippen molar-refractivity contribution in [3.05, 3.63) is 100 Å². The fourth-order valence-corrected chi connectivity index (χ4v) is 3.94. The molecular formula is C29H23ClF3NO5. The first-order valence-corrected chi connectivity index (χ1v) is 12.1. The zero-order valence-electron chi connectivity index (χ0n) is 20.6. The summed E-state index contributed by atoms with van der Waals surface area (Å²) >= 11 is 6.06. The summed E-state index contributed by atoms with van der Waals surface area (Å²) in [5.41, 5.74) is 2.33. The molecule has 1 atom stereocenters. The number of nitrogens with zero attached hydrogens (tertiary/aromatic N) is 1. The highest BCUT2D eigenvalue weighted by Gasteiger charge is 2.30. The van der Waals surface area contributed by atoms with Gasteiger partial charge in [-0.3, -0.25) is 0 Å². The summed E-state index contributed by atoms with van der Waals surface area (Å²) in [5, 5.41) is 11.0. The molecule has 0 aliphatic rings. The number of aromatic nitrogens is 1. The number of carbonyl (C=O) groups is 1. The van der Waals surface area contributed by atoms with Crippen LogP contribution in [0.15, 0.2) is 72.8 Å². The molecule has 0 radical (unpaired) electrons. The number of carboxylic acid groups (broad SMARTS) is 1. The third-order valence-electron chi connectivity index (χ3n) is 5.66. The molecule has 202 valence electrons. The molecule has 0 aliphatic carbocycles. The molecule has 39 heavy (non-hydrogen) atoms.